The van der Waals surface area contributed by atoms with Crippen LogP contribution in [0.5, 0.6) is 5.75 Å². The third-order valence-electron chi connectivity index (χ3n) is 2.66. The van der Waals surface area contributed by atoms with Crippen LogP contribution in [0.2, 0.25) is 0 Å². The van der Waals surface area contributed by atoms with Gasteiger partial charge in [-0.2, -0.15) is 0 Å². The Bertz CT molecular complexity index is 485. The SMILES string of the molecule is CC(C)(C)c1cc(C=CC(=O)O)cc(CN)c1O. The van der Waals surface area contributed by atoms with Crippen molar-refractivity contribution in [2.75, 3.05) is 0 Å². The van der Waals surface area contributed by atoms with E-state index in [4.69, 9.17) is 10.8 Å². The maximum absolute atomic E-state index is 10.5. The third kappa shape index (κ3) is 3.34. The highest BCUT2D eigenvalue weighted by Gasteiger charge is 2.20. The van der Waals surface area contributed by atoms with Crippen LogP contribution in [0, 0.1) is 0 Å². The number of carboxylic acid groups (broad SMARTS) is 1. The summed E-state index contributed by atoms with van der Waals surface area (Å²) in [4.78, 5) is 10.5. The lowest BCUT2D eigenvalue weighted by Crippen LogP contribution is -2.13. The van der Waals surface area contributed by atoms with Gasteiger partial charge in [0.2, 0.25) is 0 Å². The largest absolute Gasteiger partial charge is 0.507 e. The Morgan fingerprint density at radius 1 is 1.39 bits per heavy atom. The molecule has 0 fully saturated rings. The van der Waals surface area contributed by atoms with Gasteiger partial charge in [-0.25, -0.2) is 4.79 Å². The fourth-order valence-corrected chi connectivity index (χ4v) is 1.71. The Morgan fingerprint density at radius 3 is 2.44 bits per heavy atom. The fraction of sp³-hybridized carbons (Fsp3) is 0.357. The van der Waals surface area contributed by atoms with Crippen LogP contribution in [0.25, 0.3) is 6.08 Å². The molecule has 0 bridgehead atoms. The van der Waals surface area contributed by atoms with Crippen molar-refractivity contribution in [3.8, 4) is 5.75 Å². The van der Waals surface area contributed by atoms with E-state index in [-0.39, 0.29) is 17.7 Å². The van der Waals surface area contributed by atoms with E-state index >= 15 is 0 Å². The van der Waals surface area contributed by atoms with Gasteiger partial charge in [0.1, 0.15) is 5.75 Å². The van der Waals surface area contributed by atoms with Gasteiger partial charge in [0.15, 0.2) is 0 Å². The van der Waals surface area contributed by atoms with Crippen molar-refractivity contribution in [3.63, 3.8) is 0 Å². The minimum atomic E-state index is -1.00. The second-order valence-electron chi connectivity index (χ2n) is 5.20. The quantitative estimate of drug-likeness (QED) is 0.717. The zero-order valence-electron chi connectivity index (χ0n) is 10.9. The molecule has 0 unspecified atom stereocenters. The summed E-state index contributed by atoms with van der Waals surface area (Å²) in [5.41, 5.74) is 7.45. The summed E-state index contributed by atoms with van der Waals surface area (Å²) < 4.78 is 0. The van der Waals surface area contributed by atoms with E-state index < -0.39 is 5.97 Å². The minimum Gasteiger partial charge on any atom is -0.507 e. The van der Waals surface area contributed by atoms with Gasteiger partial charge in [-0.05, 0) is 29.2 Å². The van der Waals surface area contributed by atoms with Crippen LogP contribution in [0.15, 0.2) is 18.2 Å². The molecule has 0 aliphatic heterocycles. The van der Waals surface area contributed by atoms with Crippen molar-refractivity contribution in [2.24, 2.45) is 5.73 Å². The monoisotopic (exact) mass is 249 g/mol. The molecular formula is C14H19NO3. The molecule has 0 saturated carbocycles. The second-order valence-corrected chi connectivity index (χ2v) is 5.20. The summed E-state index contributed by atoms with van der Waals surface area (Å²) in [6.45, 7) is 6.15. The van der Waals surface area contributed by atoms with E-state index in [0.29, 0.717) is 5.56 Å². The van der Waals surface area contributed by atoms with Crippen LogP contribution in [0.3, 0.4) is 0 Å². The molecule has 0 aromatic heterocycles. The standard InChI is InChI=1S/C14H19NO3/c1-14(2,3)11-7-9(4-5-12(16)17)6-10(8-15)13(11)18/h4-7,18H,8,15H2,1-3H3,(H,16,17). The number of nitrogens with two attached hydrogens (primary N) is 1. The van der Waals surface area contributed by atoms with Crippen LogP contribution in [0.1, 0.15) is 37.5 Å². The molecule has 4 nitrogen and oxygen atoms in total. The lowest BCUT2D eigenvalue weighted by atomic mass is 9.84. The Hall–Kier alpha value is -1.81. The number of phenolic OH excluding ortho intramolecular Hbond substituents is 1. The van der Waals surface area contributed by atoms with Crippen LogP contribution < -0.4 is 5.73 Å². The van der Waals surface area contributed by atoms with Gasteiger partial charge < -0.3 is 15.9 Å². The van der Waals surface area contributed by atoms with E-state index in [9.17, 15) is 9.90 Å². The number of aliphatic carboxylic acids is 1. The molecule has 0 spiro atoms. The minimum absolute atomic E-state index is 0.192. The molecule has 0 heterocycles. The number of rotatable bonds is 3. The summed E-state index contributed by atoms with van der Waals surface area (Å²) in [6, 6.07) is 3.48. The third-order valence-corrected chi connectivity index (χ3v) is 2.66. The zero-order valence-corrected chi connectivity index (χ0v) is 10.9. The molecule has 0 aliphatic carbocycles. The first-order chi connectivity index (χ1) is 8.25. The average Bonchev–Trinajstić information content (AvgIpc) is 2.25. The first-order valence-electron chi connectivity index (χ1n) is 5.73. The number of benzene rings is 1. The normalized spacial score (nSPS) is 12.0. The molecule has 1 aromatic rings. The second kappa shape index (κ2) is 5.23. The molecule has 4 heteroatoms. The van der Waals surface area contributed by atoms with Crippen LogP contribution in [-0.2, 0) is 16.8 Å². The maximum Gasteiger partial charge on any atom is 0.328 e. The first-order valence-corrected chi connectivity index (χ1v) is 5.73. The number of carboxylic acids is 1. The number of hydrogen-bond donors (Lipinski definition) is 3. The van der Waals surface area contributed by atoms with Crippen molar-refractivity contribution in [2.45, 2.75) is 32.7 Å². The van der Waals surface area contributed by atoms with Crippen LogP contribution in [-0.4, -0.2) is 16.2 Å². The number of aromatic hydroxyl groups is 1. The smallest absolute Gasteiger partial charge is 0.328 e. The Kier molecular flexibility index (Phi) is 4.14. The highest BCUT2D eigenvalue weighted by atomic mass is 16.4. The molecule has 4 N–H and O–H groups in total. The Balaban J connectivity index is 3.35. The highest BCUT2D eigenvalue weighted by molar-refractivity contribution is 5.85. The van der Waals surface area contributed by atoms with Crippen molar-refractivity contribution < 1.29 is 15.0 Å². The summed E-state index contributed by atoms with van der Waals surface area (Å²) in [5, 5.41) is 18.7. The van der Waals surface area contributed by atoms with Gasteiger partial charge in [0, 0.05) is 23.7 Å². The average molecular weight is 249 g/mol. The molecule has 0 radical (unpaired) electrons. The molecular weight excluding hydrogens is 230 g/mol. The first kappa shape index (κ1) is 14.3. The van der Waals surface area contributed by atoms with Crippen molar-refractivity contribution in [1.29, 1.82) is 0 Å². The van der Waals surface area contributed by atoms with E-state index in [1.165, 1.54) is 6.08 Å². The predicted octanol–water partition coefficient (Wildman–Crippen LogP) is 2.25. The van der Waals surface area contributed by atoms with Crippen LogP contribution in [0.4, 0.5) is 0 Å². The van der Waals surface area contributed by atoms with E-state index in [2.05, 4.69) is 0 Å². The lowest BCUT2D eigenvalue weighted by molar-refractivity contribution is -0.131. The topological polar surface area (TPSA) is 83.5 Å². The van der Waals surface area contributed by atoms with Gasteiger partial charge in [-0.1, -0.05) is 20.8 Å². The molecule has 0 amide bonds. The van der Waals surface area contributed by atoms with Gasteiger partial charge in [0.25, 0.3) is 0 Å². The van der Waals surface area contributed by atoms with Crippen LogP contribution >= 0.6 is 0 Å². The predicted molar refractivity (Wildman–Crippen MR) is 71.4 cm³/mol. The van der Waals surface area contributed by atoms with Gasteiger partial charge in [0.05, 0.1) is 0 Å². The molecule has 1 aromatic carbocycles. The Labute approximate surface area is 107 Å². The highest BCUT2D eigenvalue weighted by Crippen LogP contribution is 2.34. The summed E-state index contributed by atoms with van der Waals surface area (Å²) in [5.74, 6) is -0.813. The van der Waals surface area contributed by atoms with Gasteiger partial charge in [-0.3, -0.25) is 0 Å². The number of hydrogen-bond acceptors (Lipinski definition) is 3. The van der Waals surface area contributed by atoms with Gasteiger partial charge >= 0.3 is 5.97 Å². The molecule has 1 rings (SSSR count). The number of carbonyl (C=O) groups is 1. The van der Waals surface area contributed by atoms with Crippen molar-refractivity contribution in [1.82, 2.24) is 0 Å². The summed E-state index contributed by atoms with van der Waals surface area (Å²) >= 11 is 0. The van der Waals surface area contributed by atoms with E-state index in [1.54, 1.807) is 12.1 Å². The molecule has 0 saturated heterocycles. The molecule has 18 heavy (non-hydrogen) atoms. The Morgan fingerprint density at radius 2 is 2.00 bits per heavy atom. The summed E-state index contributed by atoms with van der Waals surface area (Å²) in [6.07, 6.45) is 2.56. The van der Waals surface area contributed by atoms with E-state index in [1.807, 2.05) is 20.8 Å². The maximum atomic E-state index is 10.5. The summed E-state index contributed by atoms with van der Waals surface area (Å²) in [7, 11) is 0. The van der Waals surface area contributed by atoms with Gasteiger partial charge in [-0.15, -0.1) is 0 Å². The fourth-order valence-electron chi connectivity index (χ4n) is 1.71. The number of phenols is 1. The lowest BCUT2D eigenvalue weighted by Gasteiger charge is -2.22. The molecule has 98 valence electrons. The molecule has 0 aliphatic rings. The molecule has 0 atom stereocenters. The van der Waals surface area contributed by atoms with E-state index in [0.717, 1.165) is 17.2 Å². The van der Waals surface area contributed by atoms with Crippen molar-refractivity contribution in [3.05, 3.63) is 34.9 Å². The zero-order chi connectivity index (χ0) is 13.9. The van der Waals surface area contributed by atoms with Crippen molar-refractivity contribution >= 4 is 12.0 Å².